The lowest BCUT2D eigenvalue weighted by Crippen LogP contribution is -2.51. The topological polar surface area (TPSA) is 191 Å². The molecule has 3 amide bonds. The van der Waals surface area contributed by atoms with Crippen LogP contribution in [0.15, 0.2) is 85.1 Å². The normalized spacial score (nSPS) is 18.7. The van der Waals surface area contributed by atoms with Crippen LogP contribution in [0.2, 0.25) is 0 Å². The molecule has 2 fully saturated rings. The van der Waals surface area contributed by atoms with Crippen molar-refractivity contribution < 1.29 is 29.0 Å². The molecule has 15 nitrogen and oxygen atoms in total. The number of aliphatic hydroxyl groups excluding tert-OH is 1. The Balaban J connectivity index is 0.905. The number of rotatable bonds is 11. The Morgan fingerprint density at radius 1 is 0.810 bits per heavy atom. The van der Waals surface area contributed by atoms with Crippen LogP contribution < -0.4 is 10.6 Å². The molecule has 15 heteroatoms. The number of aromatic amines is 2. The van der Waals surface area contributed by atoms with Crippen LogP contribution in [0.1, 0.15) is 86.1 Å². The second kappa shape index (κ2) is 17.7. The number of aryl methyl sites for hydroxylation is 2. The summed E-state index contributed by atoms with van der Waals surface area (Å²) in [7, 11) is 2.61. The van der Waals surface area contributed by atoms with Crippen LogP contribution >= 0.6 is 0 Å². The summed E-state index contributed by atoms with van der Waals surface area (Å²) in [5.41, 5.74) is 9.69. The number of aromatic nitrogens is 5. The van der Waals surface area contributed by atoms with E-state index < -0.39 is 30.5 Å². The van der Waals surface area contributed by atoms with Gasteiger partial charge >= 0.3 is 12.2 Å². The summed E-state index contributed by atoms with van der Waals surface area (Å²) >= 11 is 0. The molecule has 3 aliphatic rings. The number of likely N-dealkylation sites (tertiary alicyclic amines) is 2. The fourth-order valence-electron chi connectivity index (χ4n) is 9.51. The Morgan fingerprint density at radius 3 is 2.37 bits per heavy atom. The number of carbonyl (C=O) groups excluding carboxylic acids is 3. The van der Waals surface area contributed by atoms with Crippen molar-refractivity contribution in [3.63, 3.8) is 0 Å². The molecule has 6 aromatic rings. The van der Waals surface area contributed by atoms with Crippen LogP contribution in [0.5, 0.6) is 0 Å². The van der Waals surface area contributed by atoms with E-state index in [2.05, 4.69) is 57.0 Å². The van der Waals surface area contributed by atoms with E-state index in [-0.39, 0.29) is 23.9 Å². The molecule has 0 saturated carbocycles. The molecule has 9 rings (SSSR count). The summed E-state index contributed by atoms with van der Waals surface area (Å²) in [5, 5.41) is 18.2. The molecule has 2 saturated heterocycles. The van der Waals surface area contributed by atoms with Crippen molar-refractivity contribution >= 4 is 29.0 Å². The first-order valence-electron chi connectivity index (χ1n) is 21.8. The van der Waals surface area contributed by atoms with Gasteiger partial charge in [-0.1, -0.05) is 68.4 Å². The molecule has 3 aromatic carbocycles. The van der Waals surface area contributed by atoms with Gasteiger partial charge < -0.3 is 40.1 Å². The number of hydrogen-bond acceptors (Lipinski definition) is 10. The molecular formula is C48H53N9O6. The predicted molar refractivity (Wildman–Crippen MR) is 237 cm³/mol. The van der Waals surface area contributed by atoms with Crippen molar-refractivity contribution in [3.05, 3.63) is 114 Å². The maximum absolute atomic E-state index is 13.7. The van der Waals surface area contributed by atoms with Crippen molar-refractivity contribution in [2.24, 2.45) is 5.92 Å². The average Bonchev–Trinajstić information content (AvgIpc) is 4.16. The third kappa shape index (κ3) is 8.25. The number of aliphatic hydroxyl groups is 1. The van der Waals surface area contributed by atoms with Crippen LogP contribution in [-0.2, 0) is 27.1 Å². The largest absolute Gasteiger partial charge is 0.453 e. The molecule has 5 N–H and O–H groups in total. The van der Waals surface area contributed by atoms with Gasteiger partial charge in [0.1, 0.15) is 23.9 Å². The average molecular weight is 852 g/mol. The number of alkyl carbamates (subject to hydrolysis) is 2. The van der Waals surface area contributed by atoms with Gasteiger partial charge in [-0.3, -0.25) is 9.69 Å². The minimum Gasteiger partial charge on any atom is -0.453 e. The summed E-state index contributed by atoms with van der Waals surface area (Å²) in [6.07, 6.45) is 4.59. The summed E-state index contributed by atoms with van der Waals surface area (Å²) in [5.74, 6) is 1.31. The molecule has 3 aromatic heterocycles. The van der Waals surface area contributed by atoms with Crippen LogP contribution in [0, 0.1) is 5.92 Å². The number of imidazole rings is 2. The smallest absolute Gasteiger partial charge is 0.407 e. The number of benzene rings is 3. The van der Waals surface area contributed by atoms with E-state index in [1.54, 1.807) is 0 Å². The van der Waals surface area contributed by atoms with Gasteiger partial charge in [0, 0.05) is 40.9 Å². The lowest BCUT2D eigenvalue weighted by Gasteiger charge is -2.34. The number of H-pyrrole nitrogens is 2. The summed E-state index contributed by atoms with van der Waals surface area (Å²) in [4.78, 5) is 64.0. The van der Waals surface area contributed by atoms with Crippen LogP contribution in [0.25, 0.3) is 44.7 Å². The van der Waals surface area contributed by atoms with E-state index in [9.17, 15) is 19.5 Å². The second-order valence-corrected chi connectivity index (χ2v) is 17.0. The van der Waals surface area contributed by atoms with Crippen molar-refractivity contribution in [1.29, 1.82) is 0 Å². The fraction of sp³-hybridized carbons (Fsp3) is 0.375. The van der Waals surface area contributed by atoms with Gasteiger partial charge in [-0.15, -0.1) is 0 Å². The summed E-state index contributed by atoms with van der Waals surface area (Å²) < 4.78 is 9.69. The van der Waals surface area contributed by atoms with Crippen molar-refractivity contribution in [3.8, 4) is 33.8 Å². The SMILES string of the molecule is COC(=O)NC(C(=O)N1CCCC1c1nc2c([nH]1)CCc1cc(-c3ccc4cc(-c5cnc(C6CCCN6C(O)C(NC(=O)OC)c6ccccc6)[nH]5)ccc4n3)ccc1-2)C(C)C. The fourth-order valence-corrected chi connectivity index (χ4v) is 9.51. The van der Waals surface area contributed by atoms with Gasteiger partial charge in [0.05, 0.1) is 61.1 Å². The highest BCUT2D eigenvalue weighted by atomic mass is 16.5. The zero-order valence-electron chi connectivity index (χ0n) is 35.9. The highest BCUT2D eigenvalue weighted by Crippen LogP contribution is 2.40. The van der Waals surface area contributed by atoms with Gasteiger partial charge in [0.25, 0.3) is 0 Å². The molecule has 5 heterocycles. The number of carbonyl (C=O) groups is 3. The third-order valence-electron chi connectivity index (χ3n) is 12.8. The van der Waals surface area contributed by atoms with Gasteiger partial charge in [-0.2, -0.15) is 0 Å². The molecule has 5 unspecified atom stereocenters. The Labute approximate surface area is 365 Å². The minimum atomic E-state index is -1.01. The predicted octanol–water partition coefficient (Wildman–Crippen LogP) is 7.38. The Bertz CT molecular complexity index is 2640. The molecule has 2 aliphatic heterocycles. The van der Waals surface area contributed by atoms with Crippen molar-refractivity contribution in [1.82, 2.24) is 45.4 Å². The van der Waals surface area contributed by atoms with E-state index in [0.717, 1.165) is 106 Å². The zero-order chi connectivity index (χ0) is 43.8. The van der Waals surface area contributed by atoms with E-state index >= 15 is 0 Å². The molecule has 326 valence electrons. The van der Waals surface area contributed by atoms with E-state index in [0.29, 0.717) is 13.1 Å². The third-order valence-corrected chi connectivity index (χ3v) is 12.8. The first kappa shape index (κ1) is 41.8. The lowest BCUT2D eigenvalue weighted by molar-refractivity contribution is -0.135. The highest BCUT2D eigenvalue weighted by molar-refractivity contribution is 5.87. The van der Waals surface area contributed by atoms with Crippen LogP contribution in [0.3, 0.4) is 0 Å². The molecule has 5 atom stereocenters. The molecule has 63 heavy (non-hydrogen) atoms. The number of nitrogens with zero attached hydrogens (tertiary/aromatic N) is 5. The molecule has 0 spiro atoms. The number of fused-ring (bicyclic) bond motifs is 4. The van der Waals surface area contributed by atoms with Gasteiger partial charge in [-0.05, 0) is 79.8 Å². The number of methoxy groups -OCH3 is 2. The van der Waals surface area contributed by atoms with Crippen LogP contribution in [0.4, 0.5) is 9.59 Å². The maximum Gasteiger partial charge on any atom is 0.407 e. The van der Waals surface area contributed by atoms with Gasteiger partial charge in [0.2, 0.25) is 5.91 Å². The van der Waals surface area contributed by atoms with Crippen molar-refractivity contribution in [2.45, 2.75) is 82.8 Å². The Morgan fingerprint density at radius 2 is 1.57 bits per heavy atom. The number of ether oxygens (including phenoxy) is 2. The van der Waals surface area contributed by atoms with E-state index in [1.165, 1.54) is 19.8 Å². The summed E-state index contributed by atoms with van der Waals surface area (Å²) in [6.45, 7) is 5.08. The number of hydrogen-bond donors (Lipinski definition) is 5. The Hall–Kier alpha value is -6.58. The highest BCUT2D eigenvalue weighted by Gasteiger charge is 2.40. The van der Waals surface area contributed by atoms with Gasteiger partial charge in [0.15, 0.2) is 0 Å². The Kier molecular flexibility index (Phi) is 11.7. The number of nitrogens with one attached hydrogen (secondary N) is 4. The standard InChI is InChI=1S/C48H53N9O6/c1-27(2)40(54-47(60)62-3)45(58)57-23-9-13-39(57)44-51-36-21-15-29-24-30(14-18-33(29)42(36)53-44)34-19-16-31-25-32(17-20-35(31)50-34)37-26-49-43(52-37)38-12-8-22-56(38)46(59)41(55-48(61)63-4)28-10-6-5-7-11-28/h5-7,10-11,14,16-20,24-27,38-41,46,59H,8-9,12-13,15,21-23H2,1-4H3,(H,49,52)(H,51,53)(H,54,60)(H,55,61). The number of amides is 3. The first-order valence-corrected chi connectivity index (χ1v) is 21.8. The molecule has 1 aliphatic carbocycles. The molecule has 0 radical (unpaired) electrons. The minimum absolute atomic E-state index is 0.105. The van der Waals surface area contributed by atoms with E-state index in [1.807, 2.05) is 72.3 Å². The maximum atomic E-state index is 13.7. The zero-order valence-corrected chi connectivity index (χ0v) is 35.9. The van der Waals surface area contributed by atoms with E-state index in [4.69, 9.17) is 24.4 Å². The number of pyridine rings is 1. The molecule has 0 bridgehead atoms. The van der Waals surface area contributed by atoms with Gasteiger partial charge in [-0.25, -0.2) is 24.5 Å². The first-order chi connectivity index (χ1) is 30.6. The van der Waals surface area contributed by atoms with Crippen LogP contribution in [-0.4, -0.2) is 97.5 Å². The van der Waals surface area contributed by atoms with Crippen molar-refractivity contribution in [2.75, 3.05) is 27.3 Å². The lowest BCUT2D eigenvalue weighted by atomic mass is 9.90. The molecular weight excluding hydrogens is 799 g/mol. The summed E-state index contributed by atoms with van der Waals surface area (Å²) in [6, 6.07) is 24.5. The second-order valence-electron chi connectivity index (χ2n) is 17.0. The quantitative estimate of drug-likeness (QED) is 0.0880. The monoisotopic (exact) mass is 851 g/mol.